The molecule has 0 unspecified atom stereocenters. The number of carbonyl (C=O) groups is 1. The monoisotopic (exact) mass is 298 g/mol. The zero-order valence-electron chi connectivity index (χ0n) is 11.6. The fourth-order valence-electron chi connectivity index (χ4n) is 2.13. The number of benzene rings is 2. The van der Waals surface area contributed by atoms with E-state index < -0.39 is 17.2 Å². The first-order valence-electron chi connectivity index (χ1n) is 6.50. The molecule has 0 aliphatic rings. The molecule has 0 amide bonds. The second-order valence-electron chi connectivity index (χ2n) is 4.69. The van der Waals surface area contributed by atoms with Crippen LogP contribution in [0.5, 0.6) is 5.75 Å². The van der Waals surface area contributed by atoms with E-state index in [4.69, 9.17) is 9.15 Å². The number of ketones is 1. The minimum absolute atomic E-state index is 0.0933. The first-order chi connectivity index (χ1) is 10.6. The average molecular weight is 298 g/mol. The predicted molar refractivity (Wildman–Crippen MR) is 78.9 cm³/mol. The molecular weight excluding hydrogens is 287 g/mol. The van der Waals surface area contributed by atoms with Gasteiger partial charge in [-0.3, -0.25) is 4.79 Å². The lowest BCUT2D eigenvalue weighted by Crippen LogP contribution is -2.14. The highest BCUT2D eigenvalue weighted by Gasteiger charge is 2.16. The maximum absolute atomic E-state index is 12.9. The zero-order chi connectivity index (χ0) is 15.7. The fraction of sp³-hybridized carbons (Fsp3) is 0.0588. The van der Waals surface area contributed by atoms with Crippen molar-refractivity contribution in [2.45, 2.75) is 0 Å². The van der Waals surface area contributed by atoms with Crippen molar-refractivity contribution >= 4 is 16.8 Å². The standard InChI is InChI=1S/C17H11FO4/c1-21-13-7-4-11-8-14(17(20)22-15(11)9-13)16(19)10-2-5-12(18)6-3-10/h2-9H,1H3. The van der Waals surface area contributed by atoms with Crippen molar-refractivity contribution in [3.8, 4) is 5.75 Å². The van der Waals surface area contributed by atoms with Crippen molar-refractivity contribution in [3.05, 3.63) is 75.9 Å². The normalized spacial score (nSPS) is 10.6. The first-order valence-corrected chi connectivity index (χ1v) is 6.50. The molecule has 0 atom stereocenters. The van der Waals surface area contributed by atoms with E-state index in [9.17, 15) is 14.0 Å². The number of methoxy groups -OCH3 is 1. The minimum atomic E-state index is -0.741. The lowest BCUT2D eigenvalue weighted by Gasteiger charge is -2.04. The maximum atomic E-state index is 12.9. The Morgan fingerprint density at radius 1 is 1.09 bits per heavy atom. The Hall–Kier alpha value is -2.95. The molecule has 3 rings (SSSR count). The highest BCUT2D eigenvalue weighted by atomic mass is 19.1. The quantitative estimate of drug-likeness (QED) is 0.550. The highest BCUT2D eigenvalue weighted by Crippen LogP contribution is 2.21. The Balaban J connectivity index is 2.10. The molecule has 0 radical (unpaired) electrons. The van der Waals surface area contributed by atoms with Crippen LogP contribution < -0.4 is 10.4 Å². The Morgan fingerprint density at radius 3 is 2.50 bits per heavy atom. The molecule has 4 nitrogen and oxygen atoms in total. The molecule has 1 aromatic heterocycles. The van der Waals surface area contributed by atoms with Gasteiger partial charge in [0.15, 0.2) is 5.78 Å². The number of halogens is 1. The molecule has 3 aromatic rings. The first kappa shape index (κ1) is 14.0. The largest absolute Gasteiger partial charge is 0.497 e. The third kappa shape index (κ3) is 2.48. The lowest BCUT2D eigenvalue weighted by molar-refractivity contribution is 0.103. The fourth-order valence-corrected chi connectivity index (χ4v) is 2.13. The van der Waals surface area contributed by atoms with Gasteiger partial charge in [0.05, 0.1) is 7.11 Å². The molecule has 0 saturated carbocycles. The molecule has 22 heavy (non-hydrogen) atoms. The third-order valence-electron chi connectivity index (χ3n) is 3.29. The lowest BCUT2D eigenvalue weighted by atomic mass is 10.0. The number of hydrogen-bond acceptors (Lipinski definition) is 4. The van der Waals surface area contributed by atoms with E-state index in [0.29, 0.717) is 16.7 Å². The van der Waals surface area contributed by atoms with Gasteiger partial charge in [0.2, 0.25) is 0 Å². The van der Waals surface area contributed by atoms with Crippen LogP contribution in [0.25, 0.3) is 11.0 Å². The molecule has 1 heterocycles. The van der Waals surface area contributed by atoms with Gasteiger partial charge in [-0.05, 0) is 42.5 Å². The topological polar surface area (TPSA) is 56.5 Å². The molecule has 5 heteroatoms. The summed E-state index contributed by atoms with van der Waals surface area (Å²) in [6.07, 6.45) is 0. The second kappa shape index (κ2) is 5.44. The summed E-state index contributed by atoms with van der Waals surface area (Å²) in [5.74, 6) is -0.408. The van der Waals surface area contributed by atoms with Gasteiger partial charge in [0, 0.05) is 17.0 Å². The molecular formula is C17H11FO4. The number of fused-ring (bicyclic) bond motifs is 1. The van der Waals surface area contributed by atoms with Crippen LogP contribution in [0.1, 0.15) is 15.9 Å². The average Bonchev–Trinajstić information content (AvgIpc) is 2.53. The zero-order valence-corrected chi connectivity index (χ0v) is 11.6. The van der Waals surface area contributed by atoms with E-state index in [1.165, 1.54) is 37.4 Å². The molecule has 0 aliphatic carbocycles. The Kier molecular flexibility index (Phi) is 3.47. The van der Waals surface area contributed by atoms with Gasteiger partial charge >= 0.3 is 5.63 Å². The molecule has 2 aromatic carbocycles. The van der Waals surface area contributed by atoms with Gasteiger partial charge < -0.3 is 9.15 Å². The van der Waals surface area contributed by atoms with E-state index in [2.05, 4.69) is 0 Å². The number of hydrogen-bond donors (Lipinski definition) is 0. The van der Waals surface area contributed by atoms with Crippen LogP contribution in [0.15, 0.2) is 57.7 Å². The van der Waals surface area contributed by atoms with Gasteiger partial charge in [-0.2, -0.15) is 0 Å². The van der Waals surface area contributed by atoms with Crippen LogP contribution in [0.4, 0.5) is 4.39 Å². The summed E-state index contributed by atoms with van der Waals surface area (Å²) in [7, 11) is 1.51. The van der Waals surface area contributed by atoms with Gasteiger partial charge in [0.25, 0.3) is 0 Å². The van der Waals surface area contributed by atoms with Crippen molar-refractivity contribution in [3.63, 3.8) is 0 Å². The van der Waals surface area contributed by atoms with Crippen molar-refractivity contribution < 1.29 is 18.3 Å². The summed E-state index contributed by atoms with van der Waals surface area (Å²) in [6.45, 7) is 0. The molecule has 110 valence electrons. The summed E-state index contributed by atoms with van der Waals surface area (Å²) in [6, 6.07) is 11.4. The molecule has 0 aliphatic heterocycles. The Labute approximate surface area is 124 Å². The smallest absolute Gasteiger partial charge is 0.347 e. The van der Waals surface area contributed by atoms with Crippen LogP contribution in [-0.4, -0.2) is 12.9 Å². The van der Waals surface area contributed by atoms with E-state index >= 15 is 0 Å². The molecule has 0 spiro atoms. The van der Waals surface area contributed by atoms with Crippen LogP contribution in [0, 0.1) is 5.82 Å². The minimum Gasteiger partial charge on any atom is -0.497 e. The van der Waals surface area contributed by atoms with Crippen LogP contribution in [0.3, 0.4) is 0 Å². The SMILES string of the molecule is COc1ccc2cc(C(=O)c3ccc(F)cc3)c(=O)oc2c1. The van der Waals surface area contributed by atoms with Crippen molar-refractivity contribution in [1.82, 2.24) is 0 Å². The van der Waals surface area contributed by atoms with Gasteiger partial charge in [-0.15, -0.1) is 0 Å². The van der Waals surface area contributed by atoms with Crippen molar-refractivity contribution in [1.29, 1.82) is 0 Å². The van der Waals surface area contributed by atoms with Crippen LogP contribution in [-0.2, 0) is 0 Å². The van der Waals surface area contributed by atoms with E-state index in [1.807, 2.05) is 0 Å². The molecule has 0 N–H and O–H groups in total. The molecule has 0 fully saturated rings. The van der Waals surface area contributed by atoms with Crippen LogP contribution in [0.2, 0.25) is 0 Å². The highest BCUT2D eigenvalue weighted by molar-refractivity contribution is 6.09. The van der Waals surface area contributed by atoms with Crippen molar-refractivity contribution in [2.75, 3.05) is 7.11 Å². The summed E-state index contributed by atoms with van der Waals surface area (Å²) < 4.78 is 23.1. The summed E-state index contributed by atoms with van der Waals surface area (Å²) in [4.78, 5) is 24.4. The van der Waals surface area contributed by atoms with Gasteiger partial charge in [-0.1, -0.05) is 0 Å². The number of ether oxygens (including phenoxy) is 1. The molecule has 0 bridgehead atoms. The second-order valence-corrected chi connectivity index (χ2v) is 4.69. The van der Waals surface area contributed by atoms with E-state index in [-0.39, 0.29) is 11.1 Å². The number of carbonyl (C=O) groups excluding carboxylic acids is 1. The van der Waals surface area contributed by atoms with Gasteiger partial charge in [0.1, 0.15) is 22.7 Å². The maximum Gasteiger partial charge on any atom is 0.347 e. The van der Waals surface area contributed by atoms with Crippen molar-refractivity contribution in [2.24, 2.45) is 0 Å². The Morgan fingerprint density at radius 2 is 1.82 bits per heavy atom. The van der Waals surface area contributed by atoms with E-state index in [1.54, 1.807) is 18.2 Å². The Bertz CT molecular complexity index is 910. The predicted octanol–water partition coefficient (Wildman–Crippen LogP) is 3.17. The molecule has 0 saturated heterocycles. The summed E-state index contributed by atoms with van der Waals surface area (Å²) in [5.41, 5.74) is -0.277. The summed E-state index contributed by atoms with van der Waals surface area (Å²) >= 11 is 0. The third-order valence-corrected chi connectivity index (χ3v) is 3.29. The summed E-state index contributed by atoms with van der Waals surface area (Å²) in [5, 5.41) is 0.603. The van der Waals surface area contributed by atoms with E-state index in [0.717, 1.165) is 0 Å². The number of rotatable bonds is 3. The van der Waals surface area contributed by atoms with Crippen LogP contribution >= 0.6 is 0 Å². The van der Waals surface area contributed by atoms with Gasteiger partial charge in [-0.25, -0.2) is 9.18 Å².